The van der Waals surface area contributed by atoms with Gasteiger partial charge in [0.2, 0.25) is 0 Å². The molecule has 0 saturated heterocycles. The van der Waals surface area contributed by atoms with Crippen molar-refractivity contribution in [3.8, 4) is 0 Å². The van der Waals surface area contributed by atoms with Crippen LogP contribution in [0.1, 0.15) is 33.1 Å². The summed E-state index contributed by atoms with van der Waals surface area (Å²) in [5.74, 6) is -0.441. The zero-order valence-corrected chi connectivity index (χ0v) is 11.1. The Hall–Kier alpha value is -0.870. The van der Waals surface area contributed by atoms with Crippen molar-refractivity contribution in [3.05, 3.63) is 12.7 Å². The molecule has 2 atom stereocenters. The number of ether oxygens (including phenoxy) is 2. The van der Waals surface area contributed by atoms with Crippen molar-refractivity contribution in [2.75, 3.05) is 20.3 Å². The van der Waals surface area contributed by atoms with E-state index in [1.54, 1.807) is 13.0 Å². The molecule has 1 N–H and O–H groups in total. The van der Waals surface area contributed by atoms with E-state index in [1.807, 2.05) is 0 Å². The van der Waals surface area contributed by atoms with Crippen LogP contribution in [0.5, 0.6) is 0 Å². The molecule has 100 valence electrons. The second-order valence-corrected chi connectivity index (χ2v) is 4.35. The molecule has 17 heavy (non-hydrogen) atoms. The van der Waals surface area contributed by atoms with Crippen LogP contribution in [0.2, 0.25) is 0 Å². The number of unbranched alkanes of at least 4 members (excludes halogenated alkanes) is 1. The average Bonchev–Trinajstić information content (AvgIpc) is 2.33. The molecule has 0 heterocycles. The summed E-state index contributed by atoms with van der Waals surface area (Å²) in [7, 11) is 1.31. The fraction of sp³-hybridized carbons (Fsp3) is 0.769. The molecule has 0 aliphatic rings. The van der Waals surface area contributed by atoms with Crippen molar-refractivity contribution >= 4 is 5.97 Å². The van der Waals surface area contributed by atoms with E-state index in [9.17, 15) is 9.90 Å². The number of carbonyl (C=O) groups is 1. The Bertz CT molecular complexity index is 240. The average molecular weight is 244 g/mol. The molecular weight excluding hydrogens is 220 g/mol. The molecule has 4 heteroatoms. The van der Waals surface area contributed by atoms with Gasteiger partial charge >= 0.3 is 5.97 Å². The van der Waals surface area contributed by atoms with Gasteiger partial charge < -0.3 is 14.6 Å². The van der Waals surface area contributed by atoms with Gasteiger partial charge in [0, 0.05) is 6.61 Å². The standard InChI is InChI=1S/C13H24O4/c1-5-7-9-17-10-11(14)13(3,8-6-2)12(15)16-4/h6,11,14H,2,5,7-10H2,1,3-4H3/t11-,13-/m1/s1. The van der Waals surface area contributed by atoms with Gasteiger partial charge in [0.1, 0.15) is 0 Å². The summed E-state index contributed by atoms with van der Waals surface area (Å²) in [5.41, 5.74) is -0.983. The van der Waals surface area contributed by atoms with Crippen molar-refractivity contribution in [3.63, 3.8) is 0 Å². The number of hydrogen-bond donors (Lipinski definition) is 1. The van der Waals surface area contributed by atoms with E-state index in [2.05, 4.69) is 13.5 Å². The first-order chi connectivity index (χ1) is 8.02. The van der Waals surface area contributed by atoms with Crippen LogP contribution in [-0.4, -0.2) is 37.5 Å². The topological polar surface area (TPSA) is 55.8 Å². The lowest BCUT2D eigenvalue weighted by atomic mass is 9.81. The second-order valence-electron chi connectivity index (χ2n) is 4.35. The number of allylic oxidation sites excluding steroid dienone is 1. The predicted octanol–water partition coefficient (Wildman–Crippen LogP) is 1.92. The minimum absolute atomic E-state index is 0.138. The van der Waals surface area contributed by atoms with Crippen molar-refractivity contribution in [2.45, 2.75) is 39.2 Å². The smallest absolute Gasteiger partial charge is 0.314 e. The summed E-state index contributed by atoms with van der Waals surface area (Å²) in [5, 5.41) is 10.0. The van der Waals surface area contributed by atoms with E-state index in [0.717, 1.165) is 12.8 Å². The Kier molecular flexibility index (Phi) is 7.83. The summed E-state index contributed by atoms with van der Waals surface area (Å²) in [6.45, 7) is 8.06. The summed E-state index contributed by atoms with van der Waals surface area (Å²) in [6.07, 6.45) is 3.06. The van der Waals surface area contributed by atoms with E-state index < -0.39 is 17.5 Å². The van der Waals surface area contributed by atoms with Crippen LogP contribution in [0.25, 0.3) is 0 Å². The Labute approximate surface area is 104 Å². The van der Waals surface area contributed by atoms with Gasteiger partial charge in [0.25, 0.3) is 0 Å². The quantitative estimate of drug-likeness (QED) is 0.382. The monoisotopic (exact) mass is 244 g/mol. The van der Waals surface area contributed by atoms with Gasteiger partial charge in [-0.1, -0.05) is 19.4 Å². The summed E-state index contributed by atoms with van der Waals surface area (Å²) >= 11 is 0. The lowest BCUT2D eigenvalue weighted by molar-refractivity contribution is -0.161. The third-order valence-electron chi connectivity index (χ3n) is 2.87. The highest BCUT2D eigenvalue weighted by Crippen LogP contribution is 2.28. The first-order valence-electron chi connectivity index (χ1n) is 5.98. The zero-order valence-electron chi connectivity index (χ0n) is 11.1. The molecule has 0 aliphatic heterocycles. The van der Waals surface area contributed by atoms with E-state index in [0.29, 0.717) is 13.0 Å². The number of rotatable bonds is 9. The predicted molar refractivity (Wildman–Crippen MR) is 66.7 cm³/mol. The molecule has 0 aromatic carbocycles. The van der Waals surface area contributed by atoms with Gasteiger partial charge in [-0.25, -0.2) is 0 Å². The molecule has 0 saturated carbocycles. The Balaban J connectivity index is 4.37. The molecule has 0 bridgehead atoms. The fourth-order valence-electron chi connectivity index (χ4n) is 1.51. The number of esters is 1. The van der Waals surface area contributed by atoms with E-state index in [1.165, 1.54) is 7.11 Å². The van der Waals surface area contributed by atoms with Crippen LogP contribution in [-0.2, 0) is 14.3 Å². The number of methoxy groups -OCH3 is 1. The fourth-order valence-corrected chi connectivity index (χ4v) is 1.51. The molecule has 0 aliphatic carbocycles. The molecule has 0 spiro atoms. The highest BCUT2D eigenvalue weighted by Gasteiger charge is 2.40. The van der Waals surface area contributed by atoms with Gasteiger partial charge in [0.05, 0.1) is 25.2 Å². The van der Waals surface area contributed by atoms with E-state index in [4.69, 9.17) is 9.47 Å². The van der Waals surface area contributed by atoms with Crippen LogP contribution in [0.15, 0.2) is 12.7 Å². The normalized spacial score (nSPS) is 16.0. The number of aliphatic hydroxyl groups is 1. The first-order valence-corrected chi connectivity index (χ1v) is 5.98. The molecule has 4 nitrogen and oxygen atoms in total. The minimum Gasteiger partial charge on any atom is -0.469 e. The molecule has 0 aromatic rings. The van der Waals surface area contributed by atoms with Gasteiger partial charge in [-0.2, -0.15) is 0 Å². The molecule has 0 rings (SSSR count). The lowest BCUT2D eigenvalue weighted by Gasteiger charge is -2.30. The minimum atomic E-state index is -0.983. The van der Waals surface area contributed by atoms with Crippen molar-refractivity contribution < 1.29 is 19.4 Å². The van der Waals surface area contributed by atoms with Crippen LogP contribution >= 0.6 is 0 Å². The van der Waals surface area contributed by atoms with Gasteiger partial charge in [-0.3, -0.25) is 4.79 Å². The molecular formula is C13H24O4. The van der Waals surface area contributed by atoms with E-state index in [-0.39, 0.29) is 6.61 Å². The summed E-state index contributed by atoms with van der Waals surface area (Å²) < 4.78 is 10.0. The first kappa shape index (κ1) is 16.1. The molecule has 0 fully saturated rings. The zero-order chi connectivity index (χ0) is 13.3. The maximum Gasteiger partial charge on any atom is 0.314 e. The van der Waals surface area contributed by atoms with Crippen LogP contribution < -0.4 is 0 Å². The third-order valence-corrected chi connectivity index (χ3v) is 2.87. The van der Waals surface area contributed by atoms with Crippen molar-refractivity contribution in [1.29, 1.82) is 0 Å². The van der Waals surface area contributed by atoms with Crippen LogP contribution in [0, 0.1) is 5.41 Å². The second kappa shape index (κ2) is 8.25. The SMILES string of the molecule is C=CC[C@@](C)(C(=O)OC)[C@H](O)COCCCC. The Morgan fingerprint density at radius 2 is 2.24 bits per heavy atom. The number of hydrogen-bond acceptors (Lipinski definition) is 4. The highest BCUT2D eigenvalue weighted by atomic mass is 16.5. The number of aliphatic hydroxyl groups excluding tert-OH is 1. The third kappa shape index (κ3) is 4.88. The maximum atomic E-state index is 11.7. The van der Waals surface area contributed by atoms with Gasteiger partial charge in [-0.15, -0.1) is 6.58 Å². The largest absolute Gasteiger partial charge is 0.469 e. The van der Waals surface area contributed by atoms with E-state index >= 15 is 0 Å². The summed E-state index contributed by atoms with van der Waals surface area (Å²) in [4.78, 5) is 11.7. The Morgan fingerprint density at radius 3 is 2.71 bits per heavy atom. The van der Waals surface area contributed by atoms with Gasteiger partial charge in [-0.05, 0) is 19.8 Å². The van der Waals surface area contributed by atoms with Gasteiger partial charge in [0.15, 0.2) is 0 Å². The van der Waals surface area contributed by atoms with Crippen LogP contribution in [0.4, 0.5) is 0 Å². The lowest BCUT2D eigenvalue weighted by Crippen LogP contribution is -2.43. The molecule has 0 amide bonds. The summed E-state index contributed by atoms with van der Waals surface area (Å²) in [6, 6.07) is 0. The van der Waals surface area contributed by atoms with Crippen LogP contribution in [0.3, 0.4) is 0 Å². The maximum absolute atomic E-state index is 11.7. The molecule has 0 aromatic heterocycles. The van der Waals surface area contributed by atoms with Crippen molar-refractivity contribution in [1.82, 2.24) is 0 Å². The number of carbonyl (C=O) groups excluding carboxylic acids is 1. The Morgan fingerprint density at radius 1 is 1.59 bits per heavy atom. The molecule has 0 unspecified atom stereocenters. The van der Waals surface area contributed by atoms with Crippen molar-refractivity contribution in [2.24, 2.45) is 5.41 Å². The highest BCUT2D eigenvalue weighted by molar-refractivity contribution is 5.77. The molecule has 0 radical (unpaired) electrons.